The average Bonchev–Trinajstić information content (AvgIpc) is 3.22. The number of rotatable bonds is 11. The molecular formula is C56H74IrN2O2Si2-2. The zero-order valence-corrected chi connectivity index (χ0v) is 45.6. The molecule has 0 aliphatic heterocycles. The number of aryl methyl sites for hydroxylation is 6. The van der Waals surface area contributed by atoms with Crippen LogP contribution in [0.15, 0.2) is 84.8 Å². The van der Waals surface area contributed by atoms with Crippen LogP contribution < -0.4 is 10.4 Å². The second-order valence-electron chi connectivity index (χ2n) is 19.5. The van der Waals surface area contributed by atoms with Gasteiger partial charge in [-0.25, -0.2) is 0 Å². The molecule has 0 aliphatic rings. The minimum atomic E-state index is -1.52. The maximum Gasteiger partial charge on any atom is 0.162 e. The normalized spacial score (nSPS) is 13.0. The first-order chi connectivity index (χ1) is 30.6. The smallest absolute Gasteiger partial charge is 0.162 e. The summed E-state index contributed by atoms with van der Waals surface area (Å²) in [5.41, 5.74) is 9.97. The third-order valence-electron chi connectivity index (χ3n) is 12.2. The summed E-state index contributed by atoms with van der Waals surface area (Å²) < 4.78 is 33.1. The van der Waals surface area contributed by atoms with Gasteiger partial charge in [0.05, 0.1) is 21.6 Å². The number of carbonyl (C=O) groups excluding carboxylic acids is 1. The van der Waals surface area contributed by atoms with Crippen molar-refractivity contribution in [3.63, 3.8) is 0 Å². The van der Waals surface area contributed by atoms with Gasteiger partial charge in [0.15, 0.2) is 5.78 Å². The standard InChI is InChI=1S/2C21H24NSi.C14H26O2.Ir/c2*1-14-9-15(2)11-18(10-14)21-19-12-16(3)20(23(4,5)6)13-17(19)7-8-22-21;1-6-11(7-2)12(15)10-13(16)14(5,8-3)9-4;/h2*7-10,12-13H,1-6H3;10-11,16H,6-9H2,1-5H3;/q2*-1;;/b;;13-10-;/i2*7D,8D;;. The van der Waals surface area contributed by atoms with Crippen LogP contribution in [0.4, 0.5) is 0 Å². The first-order valence-electron chi connectivity index (χ1n) is 24.4. The van der Waals surface area contributed by atoms with Crippen LogP contribution in [0.5, 0.6) is 0 Å². The van der Waals surface area contributed by atoms with Crippen LogP contribution in [0.2, 0.25) is 39.3 Å². The van der Waals surface area contributed by atoms with Crippen molar-refractivity contribution in [2.24, 2.45) is 11.3 Å². The number of allylic oxidation sites excluding steroid dienone is 2. The average molecular weight is 1060 g/mol. The van der Waals surface area contributed by atoms with Crippen molar-refractivity contribution in [1.82, 2.24) is 9.97 Å². The number of hydrogen-bond donors (Lipinski definition) is 1. The molecule has 7 heteroatoms. The zero-order chi connectivity index (χ0) is 49.8. The Kier molecular flexibility index (Phi) is 16.6. The molecule has 0 spiro atoms. The van der Waals surface area contributed by atoms with Gasteiger partial charge >= 0.3 is 0 Å². The van der Waals surface area contributed by atoms with E-state index in [-0.39, 0.29) is 67.4 Å². The molecule has 6 aromatic rings. The van der Waals surface area contributed by atoms with E-state index in [9.17, 15) is 9.90 Å². The van der Waals surface area contributed by atoms with Gasteiger partial charge in [-0.2, -0.15) is 0 Å². The number of fused-ring (bicyclic) bond motifs is 2. The van der Waals surface area contributed by atoms with E-state index in [1.54, 1.807) is 0 Å². The number of benzene rings is 4. The van der Waals surface area contributed by atoms with Crippen molar-refractivity contribution in [2.45, 2.75) is 141 Å². The summed E-state index contributed by atoms with van der Waals surface area (Å²) in [4.78, 5) is 20.7. The number of ketones is 1. The second-order valence-corrected chi connectivity index (χ2v) is 29.6. The Bertz CT molecular complexity index is 2580. The Hall–Kier alpha value is -4.01. The molecule has 0 fully saturated rings. The molecule has 1 radical (unpaired) electrons. The van der Waals surface area contributed by atoms with Crippen molar-refractivity contribution in [3.05, 3.63) is 130 Å². The SMILES string of the molecule is CCC(CC)C(=O)/C=C(\O)C(C)(CC)CC.[2H]c1nc(-c2[c-]c(C)cc(C)c2)c2cc(C)c([Si](C)(C)C)cc2c1[2H].[2H]c1nc(-c2[c-]c(C)cc(C)c2)c2cc(C)c([Si](C)(C)C)cc2c1[2H].[Ir]. The minimum absolute atomic E-state index is 0. The minimum Gasteiger partial charge on any atom is -0.512 e. The topological polar surface area (TPSA) is 63.1 Å². The summed E-state index contributed by atoms with van der Waals surface area (Å²) >= 11 is 0. The van der Waals surface area contributed by atoms with E-state index in [1.807, 2.05) is 48.5 Å². The van der Waals surface area contributed by atoms with E-state index in [0.717, 1.165) is 92.0 Å². The number of aliphatic hydroxyl groups is 1. The Morgan fingerprint density at radius 1 is 0.683 bits per heavy atom. The quantitative estimate of drug-likeness (QED) is 0.0608. The number of hydrogen-bond acceptors (Lipinski definition) is 4. The number of aromatic nitrogens is 2. The van der Waals surface area contributed by atoms with Gasteiger partial charge in [0.2, 0.25) is 0 Å². The molecule has 4 nitrogen and oxygen atoms in total. The van der Waals surface area contributed by atoms with Crippen molar-refractivity contribution in [3.8, 4) is 22.5 Å². The predicted molar refractivity (Wildman–Crippen MR) is 275 cm³/mol. The maximum atomic E-state index is 11.9. The third-order valence-corrected chi connectivity index (χ3v) is 16.5. The Morgan fingerprint density at radius 3 is 1.38 bits per heavy atom. The molecule has 0 unspecified atom stereocenters. The van der Waals surface area contributed by atoms with E-state index in [1.165, 1.54) is 27.6 Å². The van der Waals surface area contributed by atoms with Crippen LogP contribution in [0.25, 0.3) is 44.1 Å². The summed E-state index contributed by atoms with van der Waals surface area (Å²) in [7, 11) is -3.05. The van der Waals surface area contributed by atoms with Crippen LogP contribution in [-0.2, 0) is 24.9 Å². The van der Waals surface area contributed by atoms with Crippen LogP contribution >= 0.6 is 0 Å². The van der Waals surface area contributed by atoms with Crippen molar-refractivity contribution in [2.75, 3.05) is 0 Å². The van der Waals surface area contributed by atoms with E-state index in [4.69, 9.17) is 5.48 Å². The Morgan fingerprint density at radius 2 is 1.06 bits per heavy atom. The molecule has 2 aromatic heterocycles. The molecule has 0 atom stereocenters. The molecule has 339 valence electrons. The monoisotopic (exact) mass is 1060 g/mol. The molecule has 1 N–H and O–H groups in total. The number of nitrogens with zero attached hydrogens (tertiary/aromatic N) is 2. The third kappa shape index (κ3) is 13.5. The predicted octanol–water partition coefficient (Wildman–Crippen LogP) is 14.6. The van der Waals surface area contributed by atoms with E-state index < -0.39 is 16.1 Å². The van der Waals surface area contributed by atoms with E-state index in [0.29, 0.717) is 0 Å². The summed E-state index contributed by atoms with van der Waals surface area (Å²) in [6.07, 6.45) is 4.89. The molecule has 0 bridgehead atoms. The summed E-state index contributed by atoms with van der Waals surface area (Å²) in [5, 5.41) is 16.2. The summed E-state index contributed by atoms with van der Waals surface area (Å²) in [5.74, 6) is 0.366. The molecule has 63 heavy (non-hydrogen) atoms. The van der Waals surface area contributed by atoms with E-state index >= 15 is 0 Å². The van der Waals surface area contributed by atoms with Crippen molar-refractivity contribution < 1.29 is 35.5 Å². The van der Waals surface area contributed by atoms with Gasteiger partial charge in [0.25, 0.3) is 0 Å². The molecule has 0 saturated carbocycles. The van der Waals surface area contributed by atoms with Crippen LogP contribution in [-0.4, -0.2) is 37.0 Å². The second kappa shape index (κ2) is 22.3. The number of pyridine rings is 2. The number of aliphatic hydroxyl groups excluding tert-OH is 1. The van der Waals surface area contributed by atoms with Gasteiger partial charge in [-0.15, -0.1) is 69.8 Å². The van der Waals surface area contributed by atoms with Crippen LogP contribution in [0, 0.1) is 65.0 Å². The molecule has 0 aliphatic carbocycles. The van der Waals surface area contributed by atoms with Crippen molar-refractivity contribution in [1.29, 1.82) is 0 Å². The zero-order valence-electron chi connectivity index (χ0n) is 45.2. The molecular weight excluding hydrogens is 981 g/mol. The van der Waals surface area contributed by atoms with Gasteiger partial charge in [-0.3, -0.25) is 4.79 Å². The molecule has 0 saturated heterocycles. The first kappa shape index (κ1) is 47.0. The van der Waals surface area contributed by atoms with E-state index in [2.05, 4.69) is 138 Å². The van der Waals surface area contributed by atoms with Gasteiger partial charge in [0, 0.05) is 49.9 Å². The fourth-order valence-corrected chi connectivity index (χ4v) is 11.9. The van der Waals surface area contributed by atoms with Gasteiger partial charge in [-0.1, -0.05) is 147 Å². The fraction of sp³-hybridized carbons (Fsp3) is 0.411. The summed E-state index contributed by atoms with van der Waals surface area (Å²) in [6.45, 7) is 36.4. The van der Waals surface area contributed by atoms with Crippen LogP contribution in [0.3, 0.4) is 0 Å². The molecule has 6 rings (SSSR count). The molecule has 0 amide bonds. The van der Waals surface area contributed by atoms with Gasteiger partial charge in [0.1, 0.15) is 5.76 Å². The molecule has 4 aromatic carbocycles. The Balaban J connectivity index is 0.000000273. The largest absolute Gasteiger partial charge is 0.512 e. The van der Waals surface area contributed by atoms with Gasteiger partial charge in [-0.05, 0) is 84.5 Å². The molecule has 2 heterocycles. The first-order valence-corrected chi connectivity index (χ1v) is 29.4. The summed E-state index contributed by atoms with van der Waals surface area (Å²) in [6, 6.07) is 24.0. The van der Waals surface area contributed by atoms with Crippen molar-refractivity contribution >= 4 is 53.8 Å². The number of carbonyl (C=O) groups is 1. The Labute approximate surface area is 402 Å². The van der Waals surface area contributed by atoms with Gasteiger partial charge < -0.3 is 15.1 Å². The van der Waals surface area contributed by atoms with Crippen LogP contribution in [0.1, 0.15) is 99.2 Å². The maximum absolute atomic E-state index is 11.9. The fourth-order valence-electron chi connectivity index (χ4n) is 8.23.